The summed E-state index contributed by atoms with van der Waals surface area (Å²) < 4.78 is 4.49. The minimum Gasteiger partial charge on any atom is -0.468 e. The van der Waals surface area contributed by atoms with Crippen LogP contribution in [0.2, 0.25) is 0 Å². The predicted octanol–water partition coefficient (Wildman–Crippen LogP) is 0.805. The molecule has 1 heterocycles. The van der Waals surface area contributed by atoms with Crippen molar-refractivity contribution in [1.82, 2.24) is 9.88 Å². The number of hydrogen-bond acceptors (Lipinski definition) is 5. The van der Waals surface area contributed by atoms with Crippen LogP contribution in [0.4, 0.5) is 0 Å². The van der Waals surface area contributed by atoms with Gasteiger partial charge in [-0.3, -0.25) is 14.6 Å². The van der Waals surface area contributed by atoms with Crippen molar-refractivity contribution < 1.29 is 14.3 Å². The van der Waals surface area contributed by atoms with Gasteiger partial charge in [-0.15, -0.1) is 11.8 Å². The monoisotopic (exact) mass is 254 g/mol. The summed E-state index contributed by atoms with van der Waals surface area (Å²) in [6, 6.07) is 3.66. The van der Waals surface area contributed by atoms with Gasteiger partial charge in [-0.1, -0.05) is 0 Å². The zero-order chi connectivity index (χ0) is 12.7. The van der Waals surface area contributed by atoms with Gasteiger partial charge in [0.15, 0.2) is 0 Å². The van der Waals surface area contributed by atoms with E-state index in [1.807, 2.05) is 12.1 Å². The summed E-state index contributed by atoms with van der Waals surface area (Å²) in [7, 11) is 2.87. The Morgan fingerprint density at radius 1 is 1.41 bits per heavy atom. The maximum absolute atomic E-state index is 11.6. The summed E-state index contributed by atoms with van der Waals surface area (Å²) in [5.74, 6) is -0.246. The van der Waals surface area contributed by atoms with Gasteiger partial charge >= 0.3 is 5.97 Å². The van der Waals surface area contributed by atoms with Crippen LogP contribution in [0.1, 0.15) is 0 Å². The van der Waals surface area contributed by atoms with Crippen LogP contribution in [0.5, 0.6) is 0 Å². The van der Waals surface area contributed by atoms with Crippen LogP contribution in [0.3, 0.4) is 0 Å². The molecule has 0 radical (unpaired) electrons. The molecule has 0 aliphatic heterocycles. The molecule has 0 bridgehead atoms. The van der Waals surface area contributed by atoms with Crippen LogP contribution in [-0.2, 0) is 14.3 Å². The third-order valence-corrected chi connectivity index (χ3v) is 3.03. The van der Waals surface area contributed by atoms with E-state index in [4.69, 9.17) is 0 Å². The van der Waals surface area contributed by atoms with Crippen LogP contribution >= 0.6 is 11.8 Å². The van der Waals surface area contributed by atoms with Crippen molar-refractivity contribution in [3.05, 3.63) is 24.5 Å². The van der Waals surface area contributed by atoms with Gasteiger partial charge in [0, 0.05) is 24.3 Å². The van der Waals surface area contributed by atoms with Crippen molar-refractivity contribution in [3.8, 4) is 0 Å². The first-order valence-corrected chi connectivity index (χ1v) is 5.95. The lowest BCUT2D eigenvalue weighted by Crippen LogP contribution is -2.33. The first kappa shape index (κ1) is 13.5. The standard InChI is InChI=1S/C11H14N2O3S/c1-13(7-11(15)16-2)10(14)8-17-9-3-5-12-6-4-9/h3-6H,7-8H2,1-2H3. The minimum atomic E-state index is -0.422. The third kappa shape index (κ3) is 4.86. The average Bonchev–Trinajstić information content (AvgIpc) is 2.36. The van der Waals surface area contributed by atoms with E-state index in [9.17, 15) is 9.59 Å². The number of methoxy groups -OCH3 is 1. The number of rotatable bonds is 5. The largest absolute Gasteiger partial charge is 0.468 e. The molecule has 0 aromatic carbocycles. The van der Waals surface area contributed by atoms with Gasteiger partial charge in [0.25, 0.3) is 0 Å². The summed E-state index contributed by atoms with van der Waals surface area (Å²) >= 11 is 1.41. The van der Waals surface area contributed by atoms with Gasteiger partial charge in [0.2, 0.25) is 5.91 Å². The highest BCUT2D eigenvalue weighted by atomic mass is 32.2. The molecular formula is C11H14N2O3S. The van der Waals surface area contributed by atoms with Gasteiger partial charge in [-0.05, 0) is 12.1 Å². The smallest absolute Gasteiger partial charge is 0.325 e. The van der Waals surface area contributed by atoms with E-state index in [-0.39, 0.29) is 18.2 Å². The average molecular weight is 254 g/mol. The number of amides is 1. The van der Waals surface area contributed by atoms with E-state index in [1.54, 1.807) is 19.4 Å². The highest BCUT2D eigenvalue weighted by Gasteiger charge is 2.13. The van der Waals surface area contributed by atoms with E-state index >= 15 is 0 Å². The summed E-state index contributed by atoms with van der Waals surface area (Å²) in [5.41, 5.74) is 0. The number of carbonyl (C=O) groups excluding carboxylic acids is 2. The molecule has 0 aliphatic carbocycles. The number of pyridine rings is 1. The summed E-state index contributed by atoms with van der Waals surface area (Å²) in [4.78, 5) is 28.8. The quantitative estimate of drug-likeness (QED) is 0.574. The zero-order valence-electron chi connectivity index (χ0n) is 9.75. The van der Waals surface area contributed by atoms with Gasteiger partial charge < -0.3 is 9.64 Å². The molecule has 92 valence electrons. The molecule has 0 N–H and O–H groups in total. The van der Waals surface area contributed by atoms with E-state index in [2.05, 4.69) is 9.72 Å². The number of likely N-dealkylation sites (N-methyl/N-ethyl adjacent to an activating group) is 1. The molecule has 0 spiro atoms. The topological polar surface area (TPSA) is 59.5 Å². The highest BCUT2D eigenvalue weighted by molar-refractivity contribution is 8.00. The normalized spacial score (nSPS) is 9.76. The summed E-state index contributed by atoms with van der Waals surface area (Å²) in [6.45, 7) is -0.0216. The molecule has 17 heavy (non-hydrogen) atoms. The van der Waals surface area contributed by atoms with E-state index < -0.39 is 5.97 Å². The molecule has 0 saturated carbocycles. The Hall–Kier alpha value is -1.56. The lowest BCUT2D eigenvalue weighted by atomic mass is 10.5. The molecule has 0 fully saturated rings. The predicted molar refractivity (Wildman–Crippen MR) is 64.6 cm³/mol. The van der Waals surface area contributed by atoms with Crippen LogP contribution in [0, 0.1) is 0 Å². The Morgan fingerprint density at radius 2 is 2.06 bits per heavy atom. The van der Waals surface area contributed by atoms with Gasteiger partial charge in [-0.25, -0.2) is 0 Å². The fourth-order valence-electron chi connectivity index (χ4n) is 1.04. The molecular weight excluding hydrogens is 240 g/mol. The molecule has 0 aliphatic rings. The first-order chi connectivity index (χ1) is 8.13. The molecule has 0 saturated heterocycles. The van der Waals surface area contributed by atoms with Crippen molar-refractivity contribution >= 4 is 23.6 Å². The number of carbonyl (C=O) groups is 2. The Bertz CT molecular complexity index is 384. The van der Waals surface area contributed by atoms with Crippen molar-refractivity contribution in [1.29, 1.82) is 0 Å². The van der Waals surface area contributed by atoms with E-state index in [0.29, 0.717) is 0 Å². The minimum absolute atomic E-state index is 0.0216. The van der Waals surface area contributed by atoms with Crippen LogP contribution in [-0.4, -0.2) is 48.2 Å². The lowest BCUT2D eigenvalue weighted by molar-refractivity contribution is -0.145. The van der Waals surface area contributed by atoms with Crippen molar-refractivity contribution in [2.24, 2.45) is 0 Å². The number of esters is 1. The van der Waals surface area contributed by atoms with Crippen molar-refractivity contribution in [2.45, 2.75) is 4.90 Å². The number of hydrogen-bond donors (Lipinski definition) is 0. The maximum Gasteiger partial charge on any atom is 0.325 e. The molecule has 1 aromatic heterocycles. The van der Waals surface area contributed by atoms with Crippen LogP contribution in [0.15, 0.2) is 29.4 Å². The Kier molecular flexibility index (Phi) is 5.48. The lowest BCUT2D eigenvalue weighted by Gasteiger charge is -2.15. The molecule has 1 rings (SSSR count). The van der Waals surface area contributed by atoms with Gasteiger partial charge in [-0.2, -0.15) is 0 Å². The van der Waals surface area contributed by atoms with E-state index in [1.165, 1.54) is 23.8 Å². The van der Waals surface area contributed by atoms with Crippen LogP contribution in [0.25, 0.3) is 0 Å². The summed E-state index contributed by atoms with van der Waals surface area (Å²) in [6.07, 6.45) is 3.34. The second-order valence-electron chi connectivity index (χ2n) is 3.30. The molecule has 0 unspecified atom stereocenters. The SMILES string of the molecule is COC(=O)CN(C)C(=O)CSc1ccncc1. The van der Waals surface area contributed by atoms with Crippen LogP contribution < -0.4 is 0 Å². The third-order valence-electron chi connectivity index (χ3n) is 2.03. The fourth-order valence-corrected chi connectivity index (χ4v) is 1.86. The summed E-state index contributed by atoms with van der Waals surface area (Å²) in [5, 5.41) is 0. The second kappa shape index (κ2) is 6.90. The number of thioether (sulfide) groups is 1. The second-order valence-corrected chi connectivity index (χ2v) is 4.35. The fraction of sp³-hybridized carbons (Fsp3) is 0.364. The number of nitrogens with zero attached hydrogens (tertiary/aromatic N) is 2. The molecule has 6 heteroatoms. The highest BCUT2D eigenvalue weighted by Crippen LogP contribution is 2.16. The van der Waals surface area contributed by atoms with Crippen molar-refractivity contribution in [2.75, 3.05) is 26.5 Å². The Labute approximate surface area is 104 Å². The van der Waals surface area contributed by atoms with Crippen molar-refractivity contribution in [3.63, 3.8) is 0 Å². The number of ether oxygens (including phenoxy) is 1. The van der Waals surface area contributed by atoms with Gasteiger partial charge in [0.1, 0.15) is 6.54 Å². The molecule has 0 atom stereocenters. The number of aromatic nitrogens is 1. The zero-order valence-corrected chi connectivity index (χ0v) is 10.6. The molecule has 5 nitrogen and oxygen atoms in total. The first-order valence-electron chi connectivity index (χ1n) is 4.97. The maximum atomic E-state index is 11.6. The molecule has 1 aromatic rings. The Balaban J connectivity index is 2.37. The Morgan fingerprint density at radius 3 is 2.65 bits per heavy atom. The molecule has 1 amide bonds. The van der Waals surface area contributed by atoms with Gasteiger partial charge in [0.05, 0.1) is 12.9 Å². The van der Waals surface area contributed by atoms with E-state index in [0.717, 1.165) is 4.90 Å².